The van der Waals surface area contributed by atoms with Crippen LogP contribution < -0.4 is 11.5 Å². The van der Waals surface area contributed by atoms with E-state index in [0.29, 0.717) is 13.1 Å². The SMILES string of the molecule is CC(=O)O.CC(=O)O.CC(=O)O.NCCN.[Co]. The fourth-order valence-electron chi connectivity index (χ4n) is 0. The standard InChI is InChI=1S/C2H8N2.3C2H4O2.Co/c3-1-2-4;3*1-2(3)4;/h1-4H2;3*1H3,(H,3,4);. The second kappa shape index (κ2) is 29.4. The molecule has 0 aliphatic heterocycles. The summed E-state index contributed by atoms with van der Waals surface area (Å²) < 4.78 is 0. The van der Waals surface area contributed by atoms with E-state index in [9.17, 15) is 0 Å². The van der Waals surface area contributed by atoms with Gasteiger partial charge < -0.3 is 26.8 Å². The minimum Gasteiger partial charge on any atom is -0.481 e. The van der Waals surface area contributed by atoms with Gasteiger partial charge in [0.05, 0.1) is 0 Å². The smallest absolute Gasteiger partial charge is 0.300 e. The van der Waals surface area contributed by atoms with E-state index in [1.54, 1.807) is 0 Å². The van der Waals surface area contributed by atoms with Crippen LogP contribution in [-0.4, -0.2) is 46.3 Å². The monoisotopic (exact) mass is 299 g/mol. The zero-order chi connectivity index (χ0) is 14.1. The fourth-order valence-corrected chi connectivity index (χ4v) is 0. The van der Waals surface area contributed by atoms with Gasteiger partial charge in [0.1, 0.15) is 0 Å². The summed E-state index contributed by atoms with van der Waals surface area (Å²) in [5, 5.41) is 22.2. The van der Waals surface area contributed by atoms with Crippen molar-refractivity contribution in [2.75, 3.05) is 13.1 Å². The van der Waals surface area contributed by atoms with Gasteiger partial charge in [0.15, 0.2) is 0 Å². The maximum absolute atomic E-state index is 9.00. The molecule has 17 heavy (non-hydrogen) atoms. The maximum atomic E-state index is 9.00. The second-order valence-electron chi connectivity index (χ2n) is 2.13. The van der Waals surface area contributed by atoms with Crippen LogP contribution in [0.3, 0.4) is 0 Å². The average Bonchev–Trinajstić information content (AvgIpc) is 2.00. The van der Waals surface area contributed by atoms with Crippen LogP contribution in [0.25, 0.3) is 0 Å². The first kappa shape index (κ1) is 29.7. The zero-order valence-corrected chi connectivity index (χ0v) is 11.0. The predicted molar refractivity (Wildman–Crippen MR) is 58.0 cm³/mol. The summed E-state index contributed by atoms with van der Waals surface area (Å²) in [6.07, 6.45) is 0. The number of nitrogens with two attached hydrogens (primary N) is 2. The topological polar surface area (TPSA) is 164 Å². The molecule has 1 radical (unpaired) electrons. The van der Waals surface area contributed by atoms with Crippen LogP contribution in [0.1, 0.15) is 20.8 Å². The van der Waals surface area contributed by atoms with Crippen molar-refractivity contribution >= 4 is 17.9 Å². The van der Waals surface area contributed by atoms with Gasteiger partial charge in [0, 0.05) is 50.6 Å². The van der Waals surface area contributed by atoms with E-state index < -0.39 is 17.9 Å². The number of carboxylic acids is 3. The Labute approximate surface area is 110 Å². The molecule has 0 aliphatic rings. The summed E-state index contributed by atoms with van der Waals surface area (Å²) in [7, 11) is 0. The molecule has 0 saturated heterocycles. The molecule has 7 N–H and O–H groups in total. The molecule has 0 aromatic rings. The van der Waals surface area contributed by atoms with Gasteiger partial charge in [0.2, 0.25) is 0 Å². The molecule has 0 amide bonds. The molecule has 9 heteroatoms. The number of aliphatic carboxylic acids is 3. The van der Waals surface area contributed by atoms with Gasteiger partial charge in [-0.3, -0.25) is 14.4 Å². The second-order valence-corrected chi connectivity index (χ2v) is 2.13. The summed E-state index contributed by atoms with van der Waals surface area (Å²) in [5.74, 6) is -2.50. The molecule has 107 valence electrons. The first-order valence-corrected chi connectivity index (χ1v) is 4.10. The molecule has 0 saturated carbocycles. The predicted octanol–water partition coefficient (Wildman–Crippen LogP) is -0.826. The quantitative estimate of drug-likeness (QED) is 0.419. The molecule has 8 nitrogen and oxygen atoms in total. The van der Waals surface area contributed by atoms with Gasteiger partial charge in [-0.2, -0.15) is 0 Å². The number of hydrogen-bond acceptors (Lipinski definition) is 5. The largest absolute Gasteiger partial charge is 0.481 e. The van der Waals surface area contributed by atoms with E-state index in [0.717, 1.165) is 20.8 Å². The first-order valence-electron chi connectivity index (χ1n) is 4.10. The van der Waals surface area contributed by atoms with Crippen LogP contribution in [-0.2, 0) is 31.2 Å². The molecule has 0 atom stereocenters. The van der Waals surface area contributed by atoms with Crippen molar-refractivity contribution in [2.24, 2.45) is 11.5 Å². The molecule has 0 aliphatic carbocycles. The zero-order valence-electron chi connectivity index (χ0n) is 9.97. The molecule has 0 unspecified atom stereocenters. The average molecular weight is 299 g/mol. The molecule has 0 rings (SSSR count). The Kier molecular flexibility index (Phi) is 51.3. The molecule has 0 bridgehead atoms. The molecule has 0 fully saturated rings. The van der Waals surface area contributed by atoms with Gasteiger partial charge in [-0.1, -0.05) is 0 Å². The van der Waals surface area contributed by atoms with Crippen molar-refractivity contribution in [1.82, 2.24) is 0 Å². The first-order chi connectivity index (χ1) is 7.11. The summed E-state index contributed by atoms with van der Waals surface area (Å²) >= 11 is 0. The van der Waals surface area contributed by atoms with Crippen LogP contribution in [0.2, 0.25) is 0 Å². The maximum Gasteiger partial charge on any atom is 0.300 e. The third-order valence-electron chi connectivity index (χ3n) is 0.167. The molecule has 0 aromatic carbocycles. The molecule has 0 aromatic heterocycles. The van der Waals surface area contributed by atoms with Gasteiger partial charge in [-0.15, -0.1) is 0 Å². The Balaban J connectivity index is -0.0000000369. The van der Waals surface area contributed by atoms with Gasteiger partial charge in [-0.05, 0) is 0 Å². The Morgan fingerprint density at radius 2 is 0.824 bits per heavy atom. The van der Waals surface area contributed by atoms with Gasteiger partial charge in [-0.25, -0.2) is 0 Å². The van der Waals surface area contributed by atoms with Crippen molar-refractivity contribution in [1.29, 1.82) is 0 Å². The van der Waals surface area contributed by atoms with Gasteiger partial charge in [0.25, 0.3) is 17.9 Å². The van der Waals surface area contributed by atoms with E-state index in [1.165, 1.54) is 0 Å². The molecule has 0 heterocycles. The van der Waals surface area contributed by atoms with Crippen LogP contribution in [0.4, 0.5) is 0 Å². The number of rotatable bonds is 1. The van der Waals surface area contributed by atoms with E-state index in [4.69, 9.17) is 41.2 Å². The minimum absolute atomic E-state index is 0. The summed E-state index contributed by atoms with van der Waals surface area (Å²) in [6, 6.07) is 0. The van der Waals surface area contributed by atoms with Crippen molar-refractivity contribution in [2.45, 2.75) is 20.8 Å². The van der Waals surface area contributed by atoms with Crippen molar-refractivity contribution in [3.63, 3.8) is 0 Å². The Morgan fingerprint density at radius 1 is 0.765 bits per heavy atom. The van der Waals surface area contributed by atoms with Crippen molar-refractivity contribution in [3.8, 4) is 0 Å². The van der Waals surface area contributed by atoms with Crippen molar-refractivity contribution < 1.29 is 46.5 Å². The molecule has 0 spiro atoms. The van der Waals surface area contributed by atoms with Crippen LogP contribution in [0, 0.1) is 0 Å². The van der Waals surface area contributed by atoms with E-state index in [1.807, 2.05) is 0 Å². The molecular weight excluding hydrogens is 279 g/mol. The van der Waals surface area contributed by atoms with Gasteiger partial charge >= 0.3 is 0 Å². The summed E-state index contributed by atoms with van der Waals surface area (Å²) in [4.78, 5) is 27.0. The number of hydrogen-bond donors (Lipinski definition) is 5. The number of carbonyl (C=O) groups is 3. The fraction of sp³-hybridized carbons (Fsp3) is 0.625. The van der Waals surface area contributed by atoms with Crippen LogP contribution in [0.15, 0.2) is 0 Å². The Morgan fingerprint density at radius 3 is 0.824 bits per heavy atom. The van der Waals surface area contributed by atoms with Crippen LogP contribution >= 0.6 is 0 Å². The minimum atomic E-state index is -0.833. The van der Waals surface area contributed by atoms with E-state index in [-0.39, 0.29) is 16.8 Å². The summed E-state index contributed by atoms with van der Waals surface area (Å²) in [5.41, 5.74) is 9.81. The molecular formula is C8H20CoN2O6. The van der Waals surface area contributed by atoms with Crippen molar-refractivity contribution in [3.05, 3.63) is 0 Å². The number of carboxylic acid groups (broad SMARTS) is 3. The van der Waals surface area contributed by atoms with E-state index >= 15 is 0 Å². The van der Waals surface area contributed by atoms with E-state index in [2.05, 4.69) is 0 Å². The third kappa shape index (κ3) is 91400. The van der Waals surface area contributed by atoms with Crippen LogP contribution in [0.5, 0.6) is 0 Å². The Hall–Kier alpha value is -1.16. The normalized spacial score (nSPS) is 6.18. The third-order valence-corrected chi connectivity index (χ3v) is 0.167. The Bertz CT molecular complexity index is 146. The summed E-state index contributed by atoms with van der Waals surface area (Å²) in [6.45, 7) is 4.44.